The average molecular weight is 407 g/mol. The molecule has 30 heavy (non-hydrogen) atoms. The van der Waals surface area contributed by atoms with Crippen LogP contribution in [0.4, 0.5) is 10.5 Å². The van der Waals surface area contributed by atoms with Crippen molar-refractivity contribution in [2.45, 2.75) is 45.3 Å². The van der Waals surface area contributed by atoms with E-state index in [1.807, 2.05) is 33.7 Å². The van der Waals surface area contributed by atoms with Crippen LogP contribution in [0.1, 0.15) is 55.8 Å². The highest BCUT2D eigenvalue weighted by atomic mass is 16.6. The largest absolute Gasteiger partial charge is 0.444 e. The summed E-state index contributed by atoms with van der Waals surface area (Å²) in [6.07, 6.45) is 3.15. The van der Waals surface area contributed by atoms with Gasteiger partial charge in [0, 0.05) is 24.0 Å². The first-order valence-corrected chi connectivity index (χ1v) is 10.0. The molecule has 0 saturated carbocycles. The molecule has 0 radical (unpaired) electrons. The van der Waals surface area contributed by atoms with E-state index in [2.05, 4.69) is 15.5 Å². The number of likely N-dealkylation sites (tertiary alicyclic amines) is 1. The molecule has 8 nitrogen and oxygen atoms in total. The number of carbonyl (C=O) groups is 2. The van der Waals surface area contributed by atoms with Crippen LogP contribution in [0.25, 0.3) is 5.65 Å². The van der Waals surface area contributed by atoms with Gasteiger partial charge in [0.05, 0.1) is 6.04 Å². The van der Waals surface area contributed by atoms with Crippen LogP contribution in [-0.2, 0) is 4.74 Å². The average Bonchev–Trinajstić information content (AvgIpc) is 3.33. The summed E-state index contributed by atoms with van der Waals surface area (Å²) in [7, 11) is 0. The Morgan fingerprint density at radius 3 is 2.60 bits per heavy atom. The van der Waals surface area contributed by atoms with Crippen LogP contribution < -0.4 is 5.32 Å². The van der Waals surface area contributed by atoms with Gasteiger partial charge in [0.15, 0.2) is 11.5 Å². The molecule has 1 aromatic carbocycles. The molecule has 1 fully saturated rings. The van der Waals surface area contributed by atoms with Crippen LogP contribution in [0.3, 0.4) is 0 Å². The van der Waals surface area contributed by atoms with Crippen LogP contribution in [0.15, 0.2) is 48.7 Å². The molecule has 1 aliphatic rings. The van der Waals surface area contributed by atoms with Crippen molar-refractivity contribution in [2.75, 3.05) is 11.9 Å². The predicted octanol–water partition coefficient (Wildman–Crippen LogP) is 4.05. The van der Waals surface area contributed by atoms with Crippen molar-refractivity contribution in [1.82, 2.24) is 19.5 Å². The van der Waals surface area contributed by atoms with Crippen LogP contribution in [0, 0.1) is 0 Å². The van der Waals surface area contributed by atoms with Crippen molar-refractivity contribution < 1.29 is 14.3 Å². The maximum atomic E-state index is 13.2. The third kappa shape index (κ3) is 4.12. The van der Waals surface area contributed by atoms with Crippen molar-refractivity contribution in [3.05, 3.63) is 60.0 Å². The van der Waals surface area contributed by atoms with Crippen molar-refractivity contribution in [3.8, 4) is 0 Å². The second-order valence-electron chi connectivity index (χ2n) is 8.35. The smallest absolute Gasteiger partial charge is 0.412 e. The number of nitrogens with one attached hydrogen (secondary N) is 1. The van der Waals surface area contributed by atoms with Crippen LogP contribution >= 0.6 is 0 Å². The fourth-order valence-corrected chi connectivity index (χ4v) is 3.65. The van der Waals surface area contributed by atoms with E-state index in [9.17, 15) is 9.59 Å². The Balaban J connectivity index is 1.49. The highest BCUT2D eigenvalue weighted by Crippen LogP contribution is 2.32. The molecule has 156 valence electrons. The van der Waals surface area contributed by atoms with Gasteiger partial charge in [-0.1, -0.05) is 6.07 Å². The van der Waals surface area contributed by atoms with Gasteiger partial charge in [-0.25, -0.2) is 4.79 Å². The zero-order chi connectivity index (χ0) is 21.3. The van der Waals surface area contributed by atoms with Gasteiger partial charge < -0.3 is 9.64 Å². The van der Waals surface area contributed by atoms with Crippen LogP contribution in [0.2, 0.25) is 0 Å². The number of hydrogen-bond donors (Lipinski definition) is 1. The molecule has 2 amide bonds. The van der Waals surface area contributed by atoms with E-state index in [-0.39, 0.29) is 11.9 Å². The number of rotatable bonds is 3. The maximum absolute atomic E-state index is 13.2. The normalized spacial score (nSPS) is 16.6. The maximum Gasteiger partial charge on any atom is 0.412 e. The Morgan fingerprint density at radius 1 is 1.10 bits per heavy atom. The molecular formula is C22H25N5O3. The lowest BCUT2D eigenvalue weighted by Crippen LogP contribution is -2.31. The second-order valence-corrected chi connectivity index (χ2v) is 8.35. The summed E-state index contributed by atoms with van der Waals surface area (Å²) in [5, 5.41) is 11.2. The van der Waals surface area contributed by atoms with E-state index in [0.29, 0.717) is 17.8 Å². The number of nitrogens with zero attached hydrogens (tertiary/aromatic N) is 4. The number of pyridine rings is 1. The number of benzene rings is 1. The lowest BCUT2D eigenvalue weighted by molar-refractivity contribution is 0.0635. The first kappa shape index (κ1) is 19.9. The van der Waals surface area contributed by atoms with Gasteiger partial charge in [-0.3, -0.25) is 14.5 Å². The number of aromatic nitrogens is 3. The van der Waals surface area contributed by atoms with Gasteiger partial charge in [-0.15, -0.1) is 10.2 Å². The zero-order valence-corrected chi connectivity index (χ0v) is 17.3. The van der Waals surface area contributed by atoms with E-state index < -0.39 is 11.7 Å². The molecule has 1 atom stereocenters. The molecule has 0 spiro atoms. The Labute approximate surface area is 174 Å². The van der Waals surface area contributed by atoms with Gasteiger partial charge >= 0.3 is 6.09 Å². The fraction of sp³-hybridized carbons (Fsp3) is 0.364. The Morgan fingerprint density at radius 2 is 1.87 bits per heavy atom. The summed E-state index contributed by atoms with van der Waals surface area (Å²) in [5.74, 6) is 0.716. The summed E-state index contributed by atoms with van der Waals surface area (Å²) in [4.78, 5) is 26.9. The first-order valence-electron chi connectivity index (χ1n) is 10.0. The Kier molecular flexibility index (Phi) is 5.15. The number of anilines is 1. The molecule has 3 aromatic rings. The molecule has 0 bridgehead atoms. The lowest BCUT2D eigenvalue weighted by atomic mass is 10.1. The van der Waals surface area contributed by atoms with E-state index in [1.54, 1.807) is 45.0 Å². The number of ether oxygens (including phenoxy) is 1. The minimum atomic E-state index is -0.573. The zero-order valence-electron chi connectivity index (χ0n) is 17.3. The van der Waals surface area contributed by atoms with E-state index >= 15 is 0 Å². The monoisotopic (exact) mass is 407 g/mol. The lowest BCUT2D eigenvalue weighted by Gasteiger charge is -2.23. The minimum Gasteiger partial charge on any atom is -0.444 e. The van der Waals surface area contributed by atoms with Crippen molar-refractivity contribution >= 4 is 23.3 Å². The Hall–Kier alpha value is -3.42. The van der Waals surface area contributed by atoms with Crippen molar-refractivity contribution in [3.63, 3.8) is 0 Å². The molecule has 4 rings (SSSR count). The molecule has 3 heterocycles. The van der Waals surface area contributed by atoms with E-state index in [4.69, 9.17) is 4.74 Å². The third-order valence-electron chi connectivity index (χ3n) is 4.93. The van der Waals surface area contributed by atoms with Crippen molar-refractivity contribution in [1.29, 1.82) is 0 Å². The molecule has 1 unspecified atom stereocenters. The molecule has 1 N–H and O–H groups in total. The minimum absolute atomic E-state index is 0.0611. The highest BCUT2D eigenvalue weighted by Gasteiger charge is 2.33. The second kappa shape index (κ2) is 7.78. The third-order valence-corrected chi connectivity index (χ3v) is 4.93. The standard InChI is InChI=1S/C22H25N5O3/c1-22(2,3)30-21(29)23-16-11-9-15(10-12-16)20(28)26-14-6-7-17(26)19-25-24-18-8-4-5-13-27(18)19/h4-5,8-13,17H,6-7,14H2,1-3H3,(H,23,29). The van der Waals surface area contributed by atoms with Gasteiger partial charge in [0.25, 0.3) is 5.91 Å². The van der Waals surface area contributed by atoms with Gasteiger partial charge in [-0.05, 0) is 70.0 Å². The van der Waals surface area contributed by atoms with Gasteiger partial charge in [0.2, 0.25) is 0 Å². The number of amides is 2. The molecule has 0 aliphatic carbocycles. The van der Waals surface area contributed by atoms with Crippen molar-refractivity contribution in [2.24, 2.45) is 0 Å². The summed E-state index contributed by atoms with van der Waals surface area (Å²) in [6, 6.07) is 12.5. The van der Waals surface area contributed by atoms with Crippen LogP contribution in [-0.4, -0.2) is 43.6 Å². The summed E-state index contributed by atoms with van der Waals surface area (Å²) in [6.45, 7) is 6.08. The summed E-state index contributed by atoms with van der Waals surface area (Å²) >= 11 is 0. The molecule has 8 heteroatoms. The van der Waals surface area contributed by atoms with E-state index in [1.165, 1.54) is 0 Å². The number of fused-ring (bicyclic) bond motifs is 1. The van der Waals surface area contributed by atoms with Crippen LogP contribution in [0.5, 0.6) is 0 Å². The van der Waals surface area contributed by atoms with E-state index in [0.717, 1.165) is 24.3 Å². The van der Waals surface area contributed by atoms with Gasteiger partial charge in [0.1, 0.15) is 5.60 Å². The van der Waals surface area contributed by atoms with Gasteiger partial charge in [-0.2, -0.15) is 0 Å². The summed E-state index contributed by atoms with van der Waals surface area (Å²) in [5.41, 5.74) is 1.33. The SMILES string of the molecule is CC(C)(C)OC(=O)Nc1ccc(C(=O)N2CCCC2c2nnc3ccccn23)cc1. The molecule has 1 aliphatic heterocycles. The quantitative estimate of drug-likeness (QED) is 0.707. The highest BCUT2D eigenvalue weighted by molar-refractivity contribution is 5.95. The topological polar surface area (TPSA) is 88.8 Å². The first-order chi connectivity index (χ1) is 14.3. The number of hydrogen-bond acceptors (Lipinski definition) is 5. The fourth-order valence-electron chi connectivity index (χ4n) is 3.65. The number of carbonyl (C=O) groups excluding carboxylic acids is 2. The molecule has 1 saturated heterocycles. The summed E-state index contributed by atoms with van der Waals surface area (Å²) < 4.78 is 7.19. The molecular weight excluding hydrogens is 382 g/mol. The molecule has 2 aromatic heterocycles. The predicted molar refractivity (Wildman–Crippen MR) is 112 cm³/mol. The Bertz CT molecular complexity index is 1070.